The fourth-order valence-electron chi connectivity index (χ4n) is 4.77. The van der Waals surface area contributed by atoms with Crippen molar-refractivity contribution in [3.05, 3.63) is 23.0 Å². The molecule has 0 bridgehead atoms. The number of carbonyl (C=O) groups excluding carboxylic acids is 1. The average molecular weight is 407 g/mol. The van der Waals surface area contributed by atoms with Crippen LogP contribution in [0.25, 0.3) is 11.1 Å². The predicted octanol–water partition coefficient (Wildman–Crippen LogP) is 4.38. The van der Waals surface area contributed by atoms with Gasteiger partial charge in [-0.2, -0.15) is 0 Å². The highest BCUT2D eigenvalue weighted by molar-refractivity contribution is 5.81. The maximum absolute atomic E-state index is 13.6. The monoisotopic (exact) mass is 407 g/mol. The van der Waals surface area contributed by atoms with E-state index in [0.717, 1.165) is 25.7 Å². The first-order chi connectivity index (χ1) is 14.0. The van der Waals surface area contributed by atoms with Crippen LogP contribution in [0.4, 0.5) is 8.78 Å². The normalized spacial score (nSPS) is 23.8. The average Bonchev–Trinajstić information content (AvgIpc) is 3.13. The SMILES string of the molecule is CO[C@@H]1CCC[C@@H](C(=O)N2CCC(c3cc(C(F)F)c4c(C)noc4n3)CC2)C1. The molecule has 0 spiro atoms. The number of fused-ring (bicyclic) bond motifs is 1. The number of hydrogen-bond acceptors (Lipinski definition) is 5. The van der Waals surface area contributed by atoms with Crippen molar-refractivity contribution in [1.82, 2.24) is 15.0 Å². The topological polar surface area (TPSA) is 68.5 Å². The summed E-state index contributed by atoms with van der Waals surface area (Å²) in [7, 11) is 1.70. The standard InChI is InChI=1S/C21H27F2N3O3/c1-12-18-16(19(22)23)11-17(24-20(18)29-25-12)13-6-8-26(9-7-13)21(27)14-4-3-5-15(10-14)28-2/h11,13-15,19H,3-10H2,1-2H3/t14-,15-/m1/s1. The van der Waals surface area contributed by atoms with Crippen molar-refractivity contribution < 1.29 is 22.8 Å². The van der Waals surface area contributed by atoms with Crippen LogP contribution in [0.1, 0.15) is 67.8 Å². The zero-order valence-electron chi connectivity index (χ0n) is 16.9. The Morgan fingerprint density at radius 3 is 2.72 bits per heavy atom. The number of likely N-dealkylation sites (tertiary alicyclic amines) is 1. The number of aryl methyl sites for hydroxylation is 1. The molecule has 2 aromatic heterocycles. The summed E-state index contributed by atoms with van der Waals surface area (Å²) >= 11 is 0. The van der Waals surface area contributed by atoms with Gasteiger partial charge in [0.05, 0.1) is 17.2 Å². The second-order valence-corrected chi connectivity index (χ2v) is 8.21. The third kappa shape index (κ3) is 3.99. The molecule has 1 saturated heterocycles. The molecule has 8 heteroatoms. The molecule has 4 rings (SSSR count). The summed E-state index contributed by atoms with van der Waals surface area (Å²) in [5, 5.41) is 4.10. The fraction of sp³-hybridized carbons (Fsp3) is 0.667. The number of aromatic nitrogens is 2. The van der Waals surface area contributed by atoms with E-state index in [2.05, 4.69) is 10.1 Å². The van der Waals surface area contributed by atoms with Gasteiger partial charge in [0, 0.05) is 43.3 Å². The van der Waals surface area contributed by atoms with Gasteiger partial charge in [-0.15, -0.1) is 0 Å². The van der Waals surface area contributed by atoms with Crippen LogP contribution in [-0.2, 0) is 9.53 Å². The van der Waals surface area contributed by atoms with Gasteiger partial charge in [-0.25, -0.2) is 13.8 Å². The maximum Gasteiger partial charge on any atom is 0.264 e. The largest absolute Gasteiger partial charge is 0.381 e. The van der Waals surface area contributed by atoms with Crippen LogP contribution < -0.4 is 0 Å². The van der Waals surface area contributed by atoms with Crippen LogP contribution in [-0.4, -0.2) is 47.3 Å². The molecule has 1 amide bonds. The molecule has 29 heavy (non-hydrogen) atoms. The lowest BCUT2D eigenvalue weighted by Gasteiger charge is -2.36. The zero-order valence-corrected chi connectivity index (χ0v) is 16.9. The molecule has 2 aromatic rings. The number of halogens is 2. The van der Waals surface area contributed by atoms with Crippen molar-refractivity contribution >= 4 is 17.0 Å². The zero-order chi connectivity index (χ0) is 20.5. The second-order valence-electron chi connectivity index (χ2n) is 8.21. The third-order valence-electron chi connectivity index (χ3n) is 6.44. The number of piperidine rings is 1. The van der Waals surface area contributed by atoms with Crippen LogP contribution in [0.3, 0.4) is 0 Å². The molecule has 2 aliphatic rings. The minimum absolute atomic E-state index is 0.0299. The molecule has 0 aromatic carbocycles. The van der Waals surface area contributed by atoms with Crippen molar-refractivity contribution in [2.24, 2.45) is 5.92 Å². The molecule has 1 aliphatic carbocycles. The molecule has 2 fully saturated rings. The highest BCUT2D eigenvalue weighted by atomic mass is 19.3. The van der Waals surface area contributed by atoms with Gasteiger partial charge < -0.3 is 14.2 Å². The van der Waals surface area contributed by atoms with E-state index in [1.165, 1.54) is 6.07 Å². The number of methoxy groups -OCH3 is 1. The quantitative estimate of drug-likeness (QED) is 0.752. The highest BCUT2D eigenvalue weighted by Gasteiger charge is 2.33. The van der Waals surface area contributed by atoms with Crippen molar-refractivity contribution in [3.8, 4) is 0 Å². The van der Waals surface area contributed by atoms with Gasteiger partial charge in [-0.3, -0.25) is 4.79 Å². The lowest BCUT2D eigenvalue weighted by Crippen LogP contribution is -2.43. The Hall–Kier alpha value is -2.09. The van der Waals surface area contributed by atoms with Gasteiger partial charge in [-0.1, -0.05) is 11.6 Å². The number of carbonyl (C=O) groups is 1. The van der Waals surface area contributed by atoms with Gasteiger partial charge in [-0.05, 0) is 45.1 Å². The minimum Gasteiger partial charge on any atom is -0.381 e. The van der Waals surface area contributed by atoms with E-state index in [9.17, 15) is 13.6 Å². The van der Waals surface area contributed by atoms with Gasteiger partial charge >= 0.3 is 0 Å². The first-order valence-electron chi connectivity index (χ1n) is 10.3. The maximum atomic E-state index is 13.6. The van der Waals surface area contributed by atoms with Crippen LogP contribution >= 0.6 is 0 Å². The van der Waals surface area contributed by atoms with Crippen molar-refractivity contribution in [1.29, 1.82) is 0 Å². The lowest BCUT2D eigenvalue weighted by atomic mass is 9.85. The first-order valence-corrected chi connectivity index (χ1v) is 10.3. The Morgan fingerprint density at radius 2 is 2.03 bits per heavy atom. The van der Waals surface area contributed by atoms with Crippen LogP contribution in [0, 0.1) is 12.8 Å². The number of amides is 1. The fourth-order valence-corrected chi connectivity index (χ4v) is 4.77. The van der Waals surface area contributed by atoms with Crippen LogP contribution in [0.5, 0.6) is 0 Å². The van der Waals surface area contributed by atoms with E-state index >= 15 is 0 Å². The highest BCUT2D eigenvalue weighted by Crippen LogP contribution is 2.35. The number of alkyl halides is 2. The molecule has 1 aliphatic heterocycles. The number of rotatable bonds is 4. The van der Waals surface area contributed by atoms with Crippen molar-refractivity contribution in [2.75, 3.05) is 20.2 Å². The Morgan fingerprint density at radius 1 is 1.28 bits per heavy atom. The van der Waals surface area contributed by atoms with Gasteiger partial charge in [0.2, 0.25) is 5.91 Å². The molecule has 0 N–H and O–H groups in total. The molecular formula is C21H27F2N3O3. The predicted molar refractivity (Wildman–Crippen MR) is 103 cm³/mol. The number of nitrogens with zero attached hydrogens (tertiary/aromatic N) is 3. The van der Waals surface area contributed by atoms with E-state index < -0.39 is 6.43 Å². The van der Waals surface area contributed by atoms with Gasteiger partial charge in [0.1, 0.15) is 0 Å². The van der Waals surface area contributed by atoms with Crippen molar-refractivity contribution in [2.45, 2.75) is 63.9 Å². The molecule has 2 atom stereocenters. The van der Waals surface area contributed by atoms with Crippen LogP contribution in [0.2, 0.25) is 0 Å². The molecule has 1 saturated carbocycles. The first kappa shape index (κ1) is 20.2. The summed E-state index contributed by atoms with van der Waals surface area (Å²) in [6, 6.07) is 1.49. The summed E-state index contributed by atoms with van der Waals surface area (Å²) in [5.74, 6) is 0.263. The number of hydrogen-bond donors (Lipinski definition) is 0. The summed E-state index contributed by atoms with van der Waals surface area (Å²) in [6.07, 6.45) is 2.71. The Balaban J connectivity index is 1.45. The summed E-state index contributed by atoms with van der Waals surface area (Å²) < 4.78 is 37.8. The van der Waals surface area contributed by atoms with Gasteiger partial charge in [0.25, 0.3) is 12.1 Å². The molecule has 0 radical (unpaired) electrons. The molecule has 3 heterocycles. The molecule has 6 nitrogen and oxygen atoms in total. The minimum atomic E-state index is -2.61. The lowest BCUT2D eigenvalue weighted by molar-refractivity contribution is -0.139. The van der Waals surface area contributed by atoms with Crippen LogP contribution in [0.15, 0.2) is 10.6 Å². The Bertz CT molecular complexity index is 877. The summed E-state index contributed by atoms with van der Waals surface area (Å²) in [6.45, 7) is 2.89. The molecular weight excluding hydrogens is 380 g/mol. The smallest absolute Gasteiger partial charge is 0.264 e. The van der Waals surface area contributed by atoms with E-state index in [-0.39, 0.29) is 35.1 Å². The van der Waals surface area contributed by atoms with Crippen molar-refractivity contribution in [3.63, 3.8) is 0 Å². The van der Waals surface area contributed by atoms with E-state index in [4.69, 9.17) is 9.26 Å². The molecule has 158 valence electrons. The second kappa shape index (κ2) is 8.34. The number of ether oxygens (including phenoxy) is 1. The van der Waals surface area contributed by atoms with E-state index in [0.29, 0.717) is 42.7 Å². The van der Waals surface area contributed by atoms with Gasteiger partial charge in [0.15, 0.2) is 0 Å². The Labute approximate surface area is 168 Å². The summed E-state index contributed by atoms with van der Waals surface area (Å²) in [4.78, 5) is 19.3. The van der Waals surface area contributed by atoms with E-state index in [1.807, 2.05) is 4.90 Å². The summed E-state index contributed by atoms with van der Waals surface area (Å²) in [5.41, 5.74) is 1.13. The van der Waals surface area contributed by atoms with E-state index in [1.54, 1.807) is 14.0 Å². The third-order valence-corrected chi connectivity index (χ3v) is 6.44. The number of pyridine rings is 1. The Kier molecular flexibility index (Phi) is 5.81. The molecule has 0 unspecified atom stereocenters.